The molecule has 0 bridgehead atoms. The summed E-state index contributed by atoms with van der Waals surface area (Å²) in [7, 11) is -3.46. The lowest BCUT2D eigenvalue weighted by atomic mass is 10.0. The summed E-state index contributed by atoms with van der Waals surface area (Å²) in [5, 5.41) is 11.4. The number of hydrogen-bond donors (Lipinski definition) is 2. The van der Waals surface area contributed by atoms with Crippen molar-refractivity contribution in [2.24, 2.45) is 0 Å². The fraction of sp³-hybridized carbons (Fsp3) is 0.429. The van der Waals surface area contributed by atoms with E-state index in [9.17, 15) is 18.0 Å². The second kappa shape index (κ2) is 8.28. The Bertz CT molecular complexity index is 644. The molecule has 0 aromatic heterocycles. The lowest BCUT2D eigenvalue weighted by Gasteiger charge is -2.17. The molecule has 0 aliphatic carbocycles. The third-order valence-corrected chi connectivity index (χ3v) is 5.06. The maximum Gasteiger partial charge on any atom is 0.305 e. The van der Waals surface area contributed by atoms with Gasteiger partial charge in [0.25, 0.3) is 0 Å². The van der Waals surface area contributed by atoms with Gasteiger partial charge in [0.2, 0.25) is 5.91 Å². The number of carboxylic acid groups (broad SMARTS) is 1. The smallest absolute Gasteiger partial charge is 0.305 e. The maximum atomic E-state index is 11.9. The molecule has 122 valence electrons. The molecule has 1 aromatic carbocycles. The molecule has 8 heteroatoms. The summed E-state index contributed by atoms with van der Waals surface area (Å²) in [6.07, 6.45) is 0.107. The molecule has 0 saturated carbocycles. The van der Waals surface area contributed by atoms with Crippen molar-refractivity contribution in [3.63, 3.8) is 0 Å². The van der Waals surface area contributed by atoms with E-state index in [4.69, 9.17) is 5.11 Å². The molecular weight excluding hydrogens is 374 g/mol. The van der Waals surface area contributed by atoms with Crippen LogP contribution in [0, 0.1) is 0 Å². The molecule has 0 heterocycles. The Kier molecular flexibility index (Phi) is 7.02. The Labute approximate surface area is 138 Å². The fourth-order valence-electron chi connectivity index (χ4n) is 1.97. The van der Waals surface area contributed by atoms with Crippen molar-refractivity contribution in [1.29, 1.82) is 0 Å². The highest BCUT2D eigenvalue weighted by atomic mass is 79.9. The lowest BCUT2D eigenvalue weighted by Crippen LogP contribution is -2.35. The van der Waals surface area contributed by atoms with E-state index in [0.717, 1.165) is 4.47 Å². The van der Waals surface area contributed by atoms with Gasteiger partial charge in [0.1, 0.15) is 5.75 Å². The van der Waals surface area contributed by atoms with E-state index in [1.165, 1.54) is 0 Å². The molecule has 0 spiro atoms. The zero-order chi connectivity index (χ0) is 16.8. The van der Waals surface area contributed by atoms with Crippen LogP contribution in [0.15, 0.2) is 28.7 Å². The minimum Gasteiger partial charge on any atom is -0.481 e. The van der Waals surface area contributed by atoms with Crippen LogP contribution in [0.5, 0.6) is 0 Å². The number of nitrogens with one attached hydrogen (secondary N) is 1. The molecule has 1 rings (SSSR count). The first-order chi connectivity index (χ1) is 10.2. The van der Waals surface area contributed by atoms with E-state index in [-0.39, 0.29) is 12.2 Å². The van der Waals surface area contributed by atoms with Gasteiger partial charge in [0.05, 0.1) is 18.2 Å². The van der Waals surface area contributed by atoms with Crippen LogP contribution in [0.3, 0.4) is 0 Å². The van der Waals surface area contributed by atoms with E-state index < -0.39 is 33.5 Å². The van der Waals surface area contributed by atoms with Crippen molar-refractivity contribution in [3.8, 4) is 0 Å². The van der Waals surface area contributed by atoms with E-state index in [1.54, 1.807) is 31.2 Å². The van der Waals surface area contributed by atoms with Gasteiger partial charge in [-0.1, -0.05) is 35.0 Å². The molecule has 0 saturated heterocycles. The summed E-state index contributed by atoms with van der Waals surface area (Å²) in [6.45, 7) is 1.71. The number of benzene rings is 1. The zero-order valence-corrected chi connectivity index (χ0v) is 14.5. The highest BCUT2D eigenvalue weighted by Gasteiger charge is 2.22. The number of hydrogen-bond acceptors (Lipinski definition) is 4. The van der Waals surface area contributed by atoms with Crippen molar-refractivity contribution in [2.45, 2.75) is 25.8 Å². The topological polar surface area (TPSA) is 101 Å². The summed E-state index contributed by atoms with van der Waals surface area (Å²) < 4.78 is 24.0. The van der Waals surface area contributed by atoms with Crippen LogP contribution in [0.1, 0.15) is 31.4 Å². The average molecular weight is 392 g/mol. The minimum absolute atomic E-state index is 0.0685. The molecule has 1 aromatic rings. The second-order valence-electron chi connectivity index (χ2n) is 4.86. The van der Waals surface area contributed by atoms with Crippen molar-refractivity contribution in [3.05, 3.63) is 34.3 Å². The maximum absolute atomic E-state index is 11.9. The van der Waals surface area contributed by atoms with E-state index in [2.05, 4.69) is 21.2 Å². The summed E-state index contributed by atoms with van der Waals surface area (Å²) in [5.74, 6) is -2.48. The van der Waals surface area contributed by atoms with Crippen LogP contribution in [0.25, 0.3) is 0 Å². The molecule has 22 heavy (non-hydrogen) atoms. The standard InChI is InChI=1S/C14H18BrNO5S/c1-2-6-22(20,21)9-13(17)16-12(8-14(18)19)10-4-3-5-11(15)7-10/h3-5,7,12H,2,6,8-9H2,1H3,(H,16,17)(H,18,19). The number of carbonyl (C=O) groups excluding carboxylic acids is 1. The molecule has 6 nitrogen and oxygen atoms in total. The van der Waals surface area contributed by atoms with Crippen LogP contribution in [0.4, 0.5) is 0 Å². The molecule has 1 unspecified atom stereocenters. The highest BCUT2D eigenvalue weighted by molar-refractivity contribution is 9.10. The Hall–Kier alpha value is -1.41. The van der Waals surface area contributed by atoms with Crippen molar-refractivity contribution >= 4 is 37.6 Å². The average Bonchev–Trinajstić information content (AvgIpc) is 2.36. The van der Waals surface area contributed by atoms with Gasteiger partial charge in [0.15, 0.2) is 9.84 Å². The second-order valence-corrected chi connectivity index (χ2v) is 7.96. The number of sulfone groups is 1. The van der Waals surface area contributed by atoms with Gasteiger partial charge in [-0.2, -0.15) is 0 Å². The molecule has 0 fully saturated rings. The Balaban J connectivity index is 2.86. The van der Waals surface area contributed by atoms with Crippen LogP contribution in [0.2, 0.25) is 0 Å². The Morgan fingerprint density at radius 3 is 2.59 bits per heavy atom. The molecule has 0 aliphatic rings. The summed E-state index contributed by atoms with van der Waals surface area (Å²) >= 11 is 3.28. The molecule has 2 N–H and O–H groups in total. The SMILES string of the molecule is CCCS(=O)(=O)CC(=O)NC(CC(=O)O)c1cccc(Br)c1. The van der Waals surface area contributed by atoms with Gasteiger partial charge < -0.3 is 10.4 Å². The van der Waals surface area contributed by atoms with E-state index in [1.807, 2.05) is 0 Å². The van der Waals surface area contributed by atoms with E-state index >= 15 is 0 Å². The number of carboxylic acids is 1. The molecule has 1 atom stereocenters. The summed E-state index contributed by atoms with van der Waals surface area (Å²) in [5.41, 5.74) is 0.595. The first-order valence-electron chi connectivity index (χ1n) is 6.70. The summed E-state index contributed by atoms with van der Waals surface area (Å²) in [6, 6.07) is 6.08. The Morgan fingerprint density at radius 1 is 1.36 bits per heavy atom. The Morgan fingerprint density at radius 2 is 2.05 bits per heavy atom. The van der Waals surface area contributed by atoms with Crippen molar-refractivity contribution in [2.75, 3.05) is 11.5 Å². The first-order valence-corrected chi connectivity index (χ1v) is 9.32. The van der Waals surface area contributed by atoms with Gasteiger partial charge in [-0.3, -0.25) is 9.59 Å². The van der Waals surface area contributed by atoms with Crippen LogP contribution < -0.4 is 5.32 Å². The van der Waals surface area contributed by atoms with Gasteiger partial charge in [-0.25, -0.2) is 8.42 Å². The number of halogens is 1. The first kappa shape index (κ1) is 18.6. The third-order valence-electron chi connectivity index (χ3n) is 2.83. The molecule has 0 radical (unpaired) electrons. The minimum atomic E-state index is -3.46. The monoisotopic (exact) mass is 391 g/mol. The predicted molar refractivity (Wildman–Crippen MR) is 86.2 cm³/mol. The van der Waals surface area contributed by atoms with Gasteiger partial charge in [-0.05, 0) is 24.1 Å². The molecule has 0 aliphatic heterocycles. The molecule has 1 amide bonds. The quantitative estimate of drug-likeness (QED) is 0.704. The van der Waals surface area contributed by atoms with Gasteiger partial charge >= 0.3 is 5.97 Å². The van der Waals surface area contributed by atoms with Gasteiger partial charge in [-0.15, -0.1) is 0 Å². The van der Waals surface area contributed by atoms with E-state index in [0.29, 0.717) is 12.0 Å². The molecular formula is C14H18BrNO5S. The number of carbonyl (C=O) groups is 2. The van der Waals surface area contributed by atoms with Gasteiger partial charge in [0, 0.05) is 4.47 Å². The number of amides is 1. The number of aliphatic carboxylic acids is 1. The lowest BCUT2D eigenvalue weighted by molar-refractivity contribution is -0.137. The third kappa shape index (κ3) is 6.57. The fourth-order valence-corrected chi connectivity index (χ4v) is 3.64. The van der Waals surface area contributed by atoms with Crippen LogP contribution >= 0.6 is 15.9 Å². The largest absolute Gasteiger partial charge is 0.481 e. The zero-order valence-electron chi connectivity index (χ0n) is 12.1. The van der Waals surface area contributed by atoms with Crippen LogP contribution in [-0.2, 0) is 19.4 Å². The summed E-state index contributed by atoms with van der Waals surface area (Å²) in [4.78, 5) is 22.8. The van der Waals surface area contributed by atoms with Crippen molar-refractivity contribution < 1.29 is 23.1 Å². The predicted octanol–water partition coefficient (Wildman–Crippen LogP) is 1.91. The van der Waals surface area contributed by atoms with Crippen molar-refractivity contribution in [1.82, 2.24) is 5.32 Å². The normalized spacial score (nSPS) is 12.6. The number of rotatable bonds is 8. The highest BCUT2D eigenvalue weighted by Crippen LogP contribution is 2.21. The van der Waals surface area contributed by atoms with Crippen LogP contribution in [-0.4, -0.2) is 36.9 Å².